The van der Waals surface area contributed by atoms with Crippen LogP contribution in [0.3, 0.4) is 0 Å². The van der Waals surface area contributed by atoms with Gasteiger partial charge in [0.15, 0.2) is 0 Å². The fourth-order valence-corrected chi connectivity index (χ4v) is 2.45. The predicted octanol–water partition coefficient (Wildman–Crippen LogP) is 2.98. The Morgan fingerprint density at radius 2 is 1.39 bits per heavy atom. The van der Waals surface area contributed by atoms with Gasteiger partial charge in [-0.2, -0.15) is 0 Å². The zero-order valence-electron chi connectivity index (χ0n) is 15.7. The Labute approximate surface area is 164 Å². The Kier molecular flexibility index (Phi) is 9.37. The number of alkyl carbamates (subject to hydrolysis) is 2. The van der Waals surface area contributed by atoms with Crippen LogP contribution in [-0.2, 0) is 22.7 Å². The van der Waals surface area contributed by atoms with Gasteiger partial charge < -0.3 is 25.2 Å². The van der Waals surface area contributed by atoms with E-state index >= 15 is 0 Å². The first-order valence-corrected chi connectivity index (χ1v) is 9.20. The standard InChI is InChI=1S/C21H26N2O5/c24-14-19(23-21(26)28-16-18-10-5-2-6-11-18)12-7-13-22-20(25)27-15-17-8-3-1-4-9-17/h1-6,8-11,19,24H,7,12-16H2,(H,22,25)(H,23,26)/t19-/m0/s1. The highest BCUT2D eigenvalue weighted by atomic mass is 16.6. The second kappa shape index (κ2) is 12.3. The van der Waals surface area contributed by atoms with Gasteiger partial charge in [-0.25, -0.2) is 9.59 Å². The van der Waals surface area contributed by atoms with E-state index in [2.05, 4.69) is 10.6 Å². The van der Waals surface area contributed by atoms with Crippen LogP contribution < -0.4 is 10.6 Å². The van der Waals surface area contributed by atoms with Gasteiger partial charge in [-0.05, 0) is 24.0 Å². The molecule has 7 nitrogen and oxygen atoms in total. The SMILES string of the molecule is O=C(NCCC[C@@H](CO)NC(=O)OCc1ccccc1)OCc1ccccc1. The Bertz CT molecular complexity index is 709. The van der Waals surface area contributed by atoms with E-state index in [0.29, 0.717) is 19.4 Å². The molecule has 7 heteroatoms. The van der Waals surface area contributed by atoms with E-state index < -0.39 is 18.2 Å². The highest BCUT2D eigenvalue weighted by Gasteiger charge is 2.12. The summed E-state index contributed by atoms with van der Waals surface area (Å²) < 4.78 is 10.2. The lowest BCUT2D eigenvalue weighted by Gasteiger charge is -2.16. The Morgan fingerprint density at radius 3 is 1.93 bits per heavy atom. The summed E-state index contributed by atoms with van der Waals surface area (Å²) in [6, 6.07) is 18.3. The molecule has 3 N–H and O–H groups in total. The van der Waals surface area contributed by atoms with Crippen LogP contribution >= 0.6 is 0 Å². The van der Waals surface area contributed by atoms with E-state index in [-0.39, 0.29) is 19.8 Å². The topological polar surface area (TPSA) is 96.9 Å². The lowest BCUT2D eigenvalue weighted by molar-refractivity contribution is 0.127. The van der Waals surface area contributed by atoms with Crippen molar-refractivity contribution in [2.24, 2.45) is 0 Å². The molecular formula is C21H26N2O5. The molecule has 0 unspecified atom stereocenters. The van der Waals surface area contributed by atoms with Crippen molar-refractivity contribution in [3.8, 4) is 0 Å². The number of benzene rings is 2. The van der Waals surface area contributed by atoms with Crippen molar-refractivity contribution in [3.05, 3.63) is 71.8 Å². The minimum Gasteiger partial charge on any atom is -0.445 e. The Morgan fingerprint density at radius 1 is 0.857 bits per heavy atom. The number of nitrogens with one attached hydrogen (secondary N) is 2. The number of carbonyl (C=O) groups is 2. The fraction of sp³-hybridized carbons (Fsp3) is 0.333. The third-order valence-electron chi connectivity index (χ3n) is 3.97. The van der Waals surface area contributed by atoms with Crippen molar-refractivity contribution >= 4 is 12.2 Å². The van der Waals surface area contributed by atoms with Crippen LogP contribution in [0.1, 0.15) is 24.0 Å². The van der Waals surface area contributed by atoms with Gasteiger partial charge in [-0.3, -0.25) is 0 Å². The Balaban J connectivity index is 1.57. The average Bonchev–Trinajstić information content (AvgIpc) is 2.74. The lowest BCUT2D eigenvalue weighted by atomic mass is 10.1. The first-order valence-electron chi connectivity index (χ1n) is 9.20. The van der Waals surface area contributed by atoms with Gasteiger partial charge in [0.2, 0.25) is 0 Å². The second-order valence-electron chi connectivity index (χ2n) is 6.22. The number of hydrogen-bond donors (Lipinski definition) is 3. The molecule has 28 heavy (non-hydrogen) atoms. The minimum atomic E-state index is -0.585. The zero-order valence-corrected chi connectivity index (χ0v) is 15.7. The van der Waals surface area contributed by atoms with Crippen molar-refractivity contribution in [1.29, 1.82) is 0 Å². The molecular weight excluding hydrogens is 360 g/mol. The van der Waals surface area contributed by atoms with Crippen molar-refractivity contribution in [2.75, 3.05) is 13.2 Å². The third-order valence-corrected chi connectivity index (χ3v) is 3.97. The van der Waals surface area contributed by atoms with Gasteiger partial charge in [0.1, 0.15) is 13.2 Å². The molecule has 1 atom stereocenters. The molecule has 2 aromatic carbocycles. The van der Waals surface area contributed by atoms with Gasteiger partial charge in [0.25, 0.3) is 0 Å². The second-order valence-corrected chi connectivity index (χ2v) is 6.22. The van der Waals surface area contributed by atoms with Gasteiger partial charge in [0, 0.05) is 6.54 Å². The molecule has 0 aliphatic rings. The maximum Gasteiger partial charge on any atom is 0.407 e. The first kappa shape index (κ1) is 21.2. The van der Waals surface area contributed by atoms with E-state index in [4.69, 9.17) is 9.47 Å². The normalized spacial score (nSPS) is 11.3. The van der Waals surface area contributed by atoms with Crippen LogP contribution in [0, 0.1) is 0 Å². The predicted molar refractivity (Wildman–Crippen MR) is 105 cm³/mol. The van der Waals surface area contributed by atoms with E-state index in [1.807, 2.05) is 60.7 Å². The number of aliphatic hydroxyl groups excluding tert-OH is 1. The number of carbonyl (C=O) groups excluding carboxylic acids is 2. The van der Waals surface area contributed by atoms with Gasteiger partial charge in [-0.15, -0.1) is 0 Å². The van der Waals surface area contributed by atoms with Crippen molar-refractivity contribution in [1.82, 2.24) is 10.6 Å². The Hall–Kier alpha value is -3.06. The van der Waals surface area contributed by atoms with E-state index in [0.717, 1.165) is 11.1 Å². The number of hydrogen-bond acceptors (Lipinski definition) is 5. The van der Waals surface area contributed by atoms with E-state index in [1.165, 1.54) is 0 Å². The van der Waals surface area contributed by atoms with Gasteiger partial charge in [0.05, 0.1) is 12.6 Å². The quantitative estimate of drug-likeness (QED) is 0.546. The summed E-state index contributed by atoms with van der Waals surface area (Å²) in [7, 11) is 0. The highest BCUT2D eigenvalue weighted by molar-refractivity contribution is 5.67. The molecule has 0 heterocycles. The summed E-state index contributed by atoms with van der Waals surface area (Å²) in [6.45, 7) is 0.546. The molecule has 0 radical (unpaired) electrons. The average molecular weight is 386 g/mol. The number of ether oxygens (including phenoxy) is 2. The van der Waals surface area contributed by atoms with Crippen LogP contribution in [0.2, 0.25) is 0 Å². The molecule has 0 fully saturated rings. The first-order chi connectivity index (χ1) is 13.7. The molecule has 0 bridgehead atoms. The smallest absolute Gasteiger partial charge is 0.407 e. The number of rotatable bonds is 10. The molecule has 0 aliphatic carbocycles. The van der Waals surface area contributed by atoms with E-state index in [9.17, 15) is 14.7 Å². The highest BCUT2D eigenvalue weighted by Crippen LogP contribution is 2.03. The molecule has 2 amide bonds. The van der Waals surface area contributed by atoms with Gasteiger partial charge in [-0.1, -0.05) is 60.7 Å². The monoisotopic (exact) mass is 386 g/mol. The molecule has 0 spiro atoms. The maximum absolute atomic E-state index is 11.8. The molecule has 150 valence electrons. The number of aliphatic hydroxyl groups is 1. The number of amides is 2. The van der Waals surface area contributed by atoms with Crippen molar-refractivity contribution in [3.63, 3.8) is 0 Å². The van der Waals surface area contributed by atoms with Crippen LogP contribution in [-0.4, -0.2) is 36.5 Å². The molecule has 0 saturated heterocycles. The maximum atomic E-state index is 11.8. The summed E-state index contributed by atoms with van der Waals surface area (Å²) in [5.74, 6) is 0. The third kappa shape index (κ3) is 8.55. The summed E-state index contributed by atoms with van der Waals surface area (Å²) in [5, 5.41) is 14.7. The molecule has 0 saturated carbocycles. The minimum absolute atomic E-state index is 0.166. The largest absolute Gasteiger partial charge is 0.445 e. The van der Waals surface area contributed by atoms with Crippen molar-refractivity contribution in [2.45, 2.75) is 32.1 Å². The molecule has 2 rings (SSSR count). The fourth-order valence-electron chi connectivity index (χ4n) is 2.45. The summed E-state index contributed by atoms with van der Waals surface area (Å²) in [6.07, 6.45) is -0.0154. The van der Waals surface area contributed by atoms with Gasteiger partial charge >= 0.3 is 12.2 Å². The van der Waals surface area contributed by atoms with E-state index in [1.54, 1.807) is 0 Å². The van der Waals surface area contributed by atoms with Crippen molar-refractivity contribution < 1.29 is 24.2 Å². The zero-order chi connectivity index (χ0) is 20.0. The molecule has 2 aromatic rings. The molecule has 0 aliphatic heterocycles. The summed E-state index contributed by atoms with van der Waals surface area (Å²) in [4.78, 5) is 23.5. The van der Waals surface area contributed by atoms with Crippen LogP contribution in [0.25, 0.3) is 0 Å². The summed E-state index contributed by atoms with van der Waals surface area (Å²) >= 11 is 0. The lowest BCUT2D eigenvalue weighted by Crippen LogP contribution is -2.38. The van der Waals surface area contributed by atoms with Crippen LogP contribution in [0.5, 0.6) is 0 Å². The van der Waals surface area contributed by atoms with Crippen LogP contribution in [0.15, 0.2) is 60.7 Å². The summed E-state index contributed by atoms with van der Waals surface area (Å²) in [5.41, 5.74) is 1.80. The van der Waals surface area contributed by atoms with Crippen LogP contribution in [0.4, 0.5) is 9.59 Å². The molecule has 0 aromatic heterocycles.